The van der Waals surface area contributed by atoms with Crippen molar-refractivity contribution in [2.75, 3.05) is 6.54 Å². The summed E-state index contributed by atoms with van der Waals surface area (Å²) in [5.74, 6) is -0.694. The van der Waals surface area contributed by atoms with Gasteiger partial charge in [-0.05, 0) is 49.8 Å². The number of urea groups is 1. The summed E-state index contributed by atoms with van der Waals surface area (Å²) in [6.07, 6.45) is 0. The minimum Gasteiger partial charge on any atom is -0.332 e. The van der Waals surface area contributed by atoms with Crippen molar-refractivity contribution in [2.45, 2.75) is 71.5 Å². The molecule has 3 rings (SSSR count). The molecule has 0 radical (unpaired) electrons. The van der Waals surface area contributed by atoms with E-state index in [1.807, 2.05) is 75.4 Å². The van der Waals surface area contributed by atoms with Gasteiger partial charge in [-0.3, -0.25) is 14.5 Å². The number of imide groups is 1. The molecule has 0 bridgehead atoms. The molecule has 2 aromatic rings. The number of nitrogens with one attached hydrogen (secondary N) is 1. The van der Waals surface area contributed by atoms with Gasteiger partial charge in [-0.1, -0.05) is 75.4 Å². The Morgan fingerprint density at radius 3 is 2.03 bits per heavy atom. The molecule has 1 heterocycles. The predicted octanol–water partition coefficient (Wildman–Crippen LogP) is 4.58. The van der Waals surface area contributed by atoms with E-state index in [-0.39, 0.29) is 17.9 Å². The third-order valence-corrected chi connectivity index (χ3v) is 6.19. The van der Waals surface area contributed by atoms with Crippen molar-refractivity contribution < 1.29 is 14.4 Å². The zero-order valence-electron chi connectivity index (χ0n) is 20.7. The molecule has 176 valence electrons. The first-order chi connectivity index (χ1) is 15.2. The second-order valence-electron chi connectivity index (χ2n) is 10.9. The van der Waals surface area contributed by atoms with Crippen molar-refractivity contribution >= 4 is 17.8 Å². The van der Waals surface area contributed by atoms with Gasteiger partial charge in [0.25, 0.3) is 5.91 Å². The smallest absolute Gasteiger partial charge is 0.325 e. The van der Waals surface area contributed by atoms with Gasteiger partial charge in [-0.2, -0.15) is 0 Å². The average molecular weight is 450 g/mol. The highest BCUT2D eigenvalue weighted by molar-refractivity contribution is 6.09. The first-order valence-corrected chi connectivity index (χ1v) is 11.3. The molecule has 1 atom stereocenters. The summed E-state index contributed by atoms with van der Waals surface area (Å²) in [6.45, 7) is 14.0. The fourth-order valence-corrected chi connectivity index (χ4v) is 4.03. The van der Waals surface area contributed by atoms with Gasteiger partial charge in [0, 0.05) is 12.1 Å². The molecule has 0 spiro atoms. The molecular weight excluding hydrogens is 414 g/mol. The van der Waals surface area contributed by atoms with Crippen molar-refractivity contribution in [3.8, 4) is 0 Å². The van der Waals surface area contributed by atoms with Gasteiger partial charge in [0.05, 0.1) is 0 Å². The van der Waals surface area contributed by atoms with Crippen LogP contribution >= 0.6 is 0 Å². The van der Waals surface area contributed by atoms with Crippen LogP contribution in [0.3, 0.4) is 0 Å². The fourth-order valence-electron chi connectivity index (χ4n) is 4.03. The highest BCUT2D eigenvalue weighted by Crippen LogP contribution is 2.31. The summed E-state index contributed by atoms with van der Waals surface area (Å²) >= 11 is 0. The van der Waals surface area contributed by atoms with E-state index >= 15 is 0 Å². The van der Waals surface area contributed by atoms with Crippen LogP contribution in [0.25, 0.3) is 0 Å². The third kappa shape index (κ3) is 5.10. The van der Waals surface area contributed by atoms with Crippen LogP contribution in [0.2, 0.25) is 0 Å². The zero-order valence-corrected chi connectivity index (χ0v) is 20.7. The summed E-state index contributed by atoms with van der Waals surface area (Å²) in [5.41, 5.74) is 1.12. The molecule has 0 saturated carbocycles. The number of hydrogen-bond acceptors (Lipinski definition) is 3. The molecule has 1 saturated heterocycles. The number of amides is 4. The number of carbonyl (C=O) groups is 3. The second-order valence-corrected chi connectivity index (χ2v) is 10.9. The molecule has 1 fully saturated rings. The lowest BCUT2D eigenvalue weighted by Crippen LogP contribution is -2.50. The Bertz CT molecular complexity index is 1030. The van der Waals surface area contributed by atoms with Crippen LogP contribution in [0.5, 0.6) is 0 Å². The van der Waals surface area contributed by atoms with Crippen LogP contribution < -0.4 is 5.32 Å². The normalized spacial score (nSPS) is 18.9. The first-order valence-electron chi connectivity index (χ1n) is 11.3. The summed E-state index contributed by atoms with van der Waals surface area (Å²) in [6, 6.07) is 16.9. The lowest BCUT2D eigenvalue weighted by molar-refractivity contribution is -0.142. The Hall–Kier alpha value is -3.15. The maximum atomic E-state index is 13.4. The number of carbonyl (C=O) groups excluding carboxylic acids is 3. The number of benzene rings is 2. The summed E-state index contributed by atoms with van der Waals surface area (Å²) in [7, 11) is 0. The van der Waals surface area contributed by atoms with Gasteiger partial charge in [0.2, 0.25) is 5.91 Å². The van der Waals surface area contributed by atoms with Gasteiger partial charge >= 0.3 is 6.03 Å². The molecule has 33 heavy (non-hydrogen) atoms. The highest BCUT2D eigenvalue weighted by atomic mass is 16.2. The van der Waals surface area contributed by atoms with Crippen LogP contribution in [0, 0.1) is 0 Å². The lowest BCUT2D eigenvalue weighted by Gasteiger charge is -2.36. The molecule has 1 aliphatic rings. The molecule has 0 aromatic heterocycles. The van der Waals surface area contributed by atoms with Crippen LogP contribution in [0.15, 0.2) is 54.6 Å². The minimum absolute atomic E-state index is 0.0179. The predicted molar refractivity (Wildman–Crippen MR) is 129 cm³/mol. The van der Waals surface area contributed by atoms with E-state index in [0.717, 1.165) is 16.0 Å². The quantitative estimate of drug-likeness (QED) is 0.680. The SMILES string of the molecule is CC(C)(C)c1ccc(C2(C)NC(=O)N(CC(=O)N(Cc3ccccc3)C(C)(C)C)C2=O)cc1. The molecule has 1 unspecified atom stereocenters. The molecule has 4 amide bonds. The Morgan fingerprint density at radius 1 is 0.939 bits per heavy atom. The average Bonchev–Trinajstić information content (AvgIpc) is 2.95. The van der Waals surface area contributed by atoms with E-state index in [1.54, 1.807) is 11.8 Å². The van der Waals surface area contributed by atoms with Crippen molar-refractivity contribution in [3.05, 3.63) is 71.3 Å². The van der Waals surface area contributed by atoms with E-state index < -0.39 is 23.0 Å². The monoisotopic (exact) mass is 449 g/mol. The van der Waals surface area contributed by atoms with E-state index in [9.17, 15) is 14.4 Å². The second kappa shape index (κ2) is 8.65. The molecular formula is C27H35N3O3. The molecule has 2 aromatic carbocycles. The largest absolute Gasteiger partial charge is 0.332 e. The van der Waals surface area contributed by atoms with Gasteiger partial charge < -0.3 is 10.2 Å². The zero-order chi connectivity index (χ0) is 24.6. The molecule has 6 nitrogen and oxygen atoms in total. The topological polar surface area (TPSA) is 69.7 Å². The molecule has 0 aliphatic carbocycles. The van der Waals surface area contributed by atoms with Crippen molar-refractivity contribution in [3.63, 3.8) is 0 Å². The van der Waals surface area contributed by atoms with E-state index in [0.29, 0.717) is 12.1 Å². The van der Waals surface area contributed by atoms with Gasteiger partial charge in [-0.25, -0.2) is 4.79 Å². The highest BCUT2D eigenvalue weighted by Gasteiger charge is 2.50. The number of rotatable bonds is 5. The van der Waals surface area contributed by atoms with E-state index in [1.165, 1.54) is 0 Å². The molecule has 1 N–H and O–H groups in total. The van der Waals surface area contributed by atoms with Gasteiger partial charge in [0.15, 0.2) is 0 Å². The van der Waals surface area contributed by atoms with Crippen molar-refractivity contribution in [2.24, 2.45) is 0 Å². The van der Waals surface area contributed by atoms with Crippen molar-refractivity contribution in [1.82, 2.24) is 15.1 Å². The number of hydrogen-bond donors (Lipinski definition) is 1. The Balaban J connectivity index is 1.81. The fraction of sp³-hybridized carbons (Fsp3) is 0.444. The van der Waals surface area contributed by atoms with Crippen molar-refractivity contribution in [1.29, 1.82) is 0 Å². The lowest BCUT2D eigenvalue weighted by atomic mass is 9.84. The molecule has 1 aliphatic heterocycles. The minimum atomic E-state index is -1.21. The van der Waals surface area contributed by atoms with E-state index in [2.05, 4.69) is 26.1 Å². The van der Waals surface area contributed by atoms with Gasteiger partial charge in [-0.15, -0.1) is 0 Å². The maximum absolute atomic E-state index is 13.4. The summed E-state index contributed by atoms with van der Waals surface area (Å²) in [4.78, 5) is 42.2. The van der Waals surface area contributed by atoms with Crippen LogP contribution in [0.1, 0.15) is 65.2 Å². The standard InChI is InChI=1S/C27H35N3O3/c1-25(2,3)20-13-15-21(16-14-20)27(7)23(32)29(24(33)28-27)18-22(31)30(26(4,5)6)17-19-11-9-8-10-12-19/h8-16H,17-18H2,1-7H3,(H,28,33). The van der Waals surface area contributed by atoms with Crippen LogP contribution in [-0.2, 0) is 27.1 Å². The van der Waals surface area contributed by atoms with Crippen LogP contribution in [0.4, 0.5) is 4.79 Å². The number of nitrogens with zero attached hydrogens (tertiary/aromatic N) is 2. The Morgan fingerprint density at radius 2 is 1.52 bits per heavy atom. The van der Waals surface area contributed by atoms with E-state index in [4.69, 9.17) is 0 Å². The first kappa shape index (κ1) is 24.5. The Kier molecular flexibility index (Phi) is 6.42. The summed E-state index contributed by atoms with van der Waals surface area (Å²) < 4.78 is 0. The summed E-state index contributed by atoms with van der Waals surface area (Å²) in [5, 5.41) is 2.80. The third-order valence-electron chi connectivity index (χ3n) is 6.19. The molecule has 6 heteroatoms. The van der Waals surface area contributed by atoms with Gasteiger partial charge in [0.1, 0.15) is 12.1 Å². The maximum Gasteiger partial charge on any atom is 0.325 e. The Labute approximate surface area is 197 Å². The van der Waals surface area contributed by atoms with Crippen LogP contribution in [-0.4, -0.2) is 39.7 Å².